The number of piperazine rings is 1. The molecule has 0 bridgehead atoms. The Bertz CT molecular complexity index is 1460. The molecule has 0 atom stereocenters. The molecule has 0 radical (unpaired) electrons. The maximum absolute atomic E-state index is 14.1. The zero-order valence-electron chi connectivity index (χ0n) is 18.3. The van der Waals surface area contributed by atoms with Crippen molar-refractivity contribution in [3.05, 3.63) is 86.4 Å². The van der Waals surface area contributed by atoms with Crippen LogP contribution in [0.2, 0.25) is 5.02 Å². The second kappa shape index (κ2) is 8.55. The SMILES string of the molecule is Nc1c2c(cc(=O)n1-c1cc(Cl)ccc1N1CCN(C(=O)c3ccccc3F)CC1)C(=O)NC2=O. The maximum atomic E-state index is 14.1. The van der Waals surface area contributed by atoms with Gasteiger partial charge in [0.25, 0.3) is 23.3 Å². The lowest BCUT2D eigenvalue weighted by Gasteiger charge is -2.37. The third-order valence-corrected chi connectivity index (χ3v) is 6.38. The van der Waals surface area contributed by atoms with Crippen molar-refractivity contribution >= 4 is 40.8 Å². The molecule has 0 aliphatic carbocycles. The van der Waals surface area contributed by atoms with Crippen LogP contribution in [-0.4, -0.2) is 53.4 Å². The number of rotatable bonds is 3. The predicted octanol–water partition coefficient (Wildman–Crippen LogP) is 2.06. The van der Waals surface area contributed by atoms with Gasteiger partial charge in [-0.25, -0.2) is 4.39 Å². The summed E-state index contributed by atoms with van der Waals surface area (Å²) >= 11 is 6.23. The summed E-state index contributed by atoms with van der Waals surface area (Å²) < 4.78 is 15.2. The topological polar surface area (TPSA) is 118 Å². The molecule has 3 heterocycles. The molecular weight excluding hydrogens is 477 g/mol. The number of imide groups is 1. The van der Waals surface area contributed by atoms with E-state index in [4.69, 9.17) is 17.3 Å². The van der Waals surface area contributed by atoms with E-state index < -0.39 is 29.1 Å². The number of benzene rings is 2. The monoisotopic (exact) mass is 495 g/mol. The lowest BCUT2D eigenvalue weighted by molar-refractivity contribution is 0.0741. The van der Waals surface area contributed by atoms with Crippen molar-refractivity contribution in [2.24, 2.45) is 0 Å². The highest BCUT2D eigenvalue weighted by atomic mass is 35.5. The van der Waals surface area contributed by atoms with Gasteiger partial charge in [0.15, 0.2) is 0 Å². The van der Waals surface area contributed by atoms with Crippen molar-refractivity contribution in [1.29, 1.82) is 0 Å². The highest BCUT2D eigenvalue weighted by Crippen LogP contribution is 2.32. The number of nitrogen functional groups attached to an aromatic ring is 1. The number of nitrogens with zero attached hydrogens (tertiary/aromatic N) is 3. The molecule has 3 aromatic rings. The number of hydrogen-bond acceptors (Lipinski definition) is 6. The minimum Gasteiger partial charge on any atom is -0.384 e. The summed E-state index contributed by atoms with van der Waals surface area (Å²) in [5, 5.41) is 2.48. The number of aromatic nitrogens is 1. The first-order valence-corrected chi connectivity index (χ1v) is 11.1. The summed E-state index contributed by atoms with van der Waals surface area (Å²) in [6.07, 6.45) is 0. The summed E-state index contributed by atoms with van der Waals surface area (Å²) in [4.78, 5) is 53.5. The smallest absolute Gasteiger partial charge is 0.262 e. The number of halogens is 2. The van der Waals surface area contributed by atoms with Crippen molar-refractivity contribution in [2.45, 2.75) is 0 Å². The molecule has 2 aromatic carbocycles. The van der Waals surface area contributed by atoms with Crippen LogP contribution in [0.3, 0.4) is 0 Å². The Balaban J connectivity index is 1.48. The van der Waals surface area contributed by atoms with E-state index in [1.54, 1.807) is 29.2 Å². The number of nitrogens with two attached hydrogens (primary N) is 1. The molecule has 3 N–H and O–H groups in total. The van der Waals surface area contributed by atoms with Crippen LogP contribution in [-0.2, 0) is 0 Å². The molecule has 2 aliphatic rings. The van der Waals surface area contributed by atoms with Gasteiger partial charge < -0.3 is 15.5 Å². The average Bonchev–Trinajstić information content (AvgIpc) is 3.12. The summed E-state index contributed by atoms with van der Waals surface area (Å²) in [6, 6.07) is 11.8. The molecular formula is C24H19ClFN5O4. The van der Waals surface area contributed by atoms with E-state index in [2.05, 4.69) is 5.32 Å². The summed E-state index contributed by atoms with van der Waals surface area (Å²) in [7, 11) is 0. The van der Waals surface area contributed by atoms with Gasteiger partial charge in [-0.15, -0.1) is 0 Å². The second-order valence-electron chi connectivity index (χ2n) is 8.17. The number of amides is 3. The fraction of sp³-hybridized carbons (Fsp3) is 0.167. The van der Waals surface area contributed by atoms with Crippen LogP contribution in [0.15, 0.2) is 53.3 Å². The average molecular weight is 496 g/mol. The quantitative estimate of drug-likeness (QED) is 0.537. The van der Waals surface area contributed by atoms with Crippen molar-refractivity contribution in [3.8, 4) is 5.69 Å². The summed E-state index contributed by atoms with van der Waals surface area (Å²) in [5.74, 6) is -2.50. The molecule has 0 unspecified atom stereocenters. The number of anilines is 2. The van der Waals surface area contributed by atoms with Crippen LogP contribution >= 0.6 is 11.6 Å². The van der Waals surface area contributed by atoms with Crippen molar-refractivity contribution in [3.63, 3.8) is 0 Å². The molecule has 2 aliphatic heterocycles. The van der Waals surface area contributed by atoms with E-state index in [1.165, 1.54) is 18.2 Å². The van der Waals surface area contributed by atoms with E-state index in [1.807, 2.05) is 4.90 Å². The standard InChI is InChI=1S/C24H19ClFN5O4/c25-13-5-6-17(29-7-9-30(10-8-29)24(35)14-3-1-2-4-16(14)26)18(11-13)31-19(32)12-15-20(21(31)27)23(34)28-22(15)33/h1-6,11-12H,7-10,27H2,(H,28,33,34). The van der Waals surface area contributed by atoms with E-state index in [9.17, 15) is 23.6 Å². The van der Waals surface area contributed by atoms with Gasteiger partial charge in [0.1, 0.15) is 11.6 Å². The molecule has 1 fully saturated rings. The molecule has 35 heavy (non-hydrogen) atoms. The first-order chi connectivity index (χ1) is 16.8. The summed E-state index contributed by atoms with van der Waals surface area (Å²) in [5.41, 5.74) is 6.43. The summed E-state index contributed by atoms with van der Waals surface area (Å²) in [6.45, 7) is 1.43. The Hall–Kier alpha value is -4.18. The Labute approximate surface area is 203 Å². The van der Waals surface area contributed by atoms with Gasteiger partial charge >= 0.3 is 0 Å². The maximum Gasteiger partial charge on any atom is 0.262 e. The van der Waals surface area contributed by atoms with Crippen LogP contribution in [0.25, 0.3) is 5.69 Å². The van der Waals surface area contributed by atoms with Crippen LogP contribution in [0.1, 0.15) is 31.1 Å². The van der Waals surface area contributed by atoms with Gasteiger partial charge in [0, 0.05) is 37.3 Å². The Morgan fingerprint density at radius 3 is 2.37 bits per heavy atom. The molecule has 1 saturated heterocycles. The lowest BCUT2D eigenvalue weighted by Crippen LogP contribution is -2.49. The Morgan fingerprint density at radius 2 is 1.66 bits per heavy atom. The largest absolute Gasteiger partial charge is 0.384 e. The van der Waals surface area contributed by atoms with Crippen LogP contribution < -0.4 is 21.5 Å². The molecule has 5 rings (SSSR count). The van der Waals surface area contributed by atoms with Crippen molar-refractivity contribution < 1.29 is 18.8 Å². The van der Waals surface area contributed by atoms with E-state index in [0.29, 0.717) is 42.6 Å². The minimum atomic E-state index is -0.680. The number of carbonyl (C=O) groups excluding carboxylic acids is 3. The van der Waals surface area contributed by atoms with Gasteiger partial charge in [0.2, 0.25) is 0 Å². The van der Waals surface area contributed by atoms with Gasteiger partial charge in [0.05, 0.1) is 28.1 Å². The highest BCUT2D eigenvalue weighted by Gasteiger charge is 2.33. The zero-order chi connectivity index (χ0) is 24.9. The van der Waals surface area contributed by atoms with E-state index >= 15 is 0 Å². The molecule has 1 aromatic heterocycles. The molecule has 0 spiro atoms. The van der Waals surface area contributed by atoms with Crippen molar-refractivity contribution in [2.75, 3.05) is 36.8 Å². The number of fused-ring (bicyclic) bond motifs is 1. The van der Waals surface area contributed by atoms with Crippen molar-refractivity contribution in [1.82, 2.24) is 14.8 Å². The predicted molar refractivity (Wildman–Crippen MR) is 128 cm³/mol. The molecule has 0 saturated carbocycles. The first kappa shape index (κ1) is 22.6. The van der Waals surface area contributed by atoms with Gasteiger partial charge in [-0.3, -0.25) is 29.1 Å². The molecule has 178 valence electrons. The van der Waals surface area contributed by atoms with E-state index in [0.717, 1.165) is 10.6 Å². The van der Waals surface area contributed by atoms with Crippen LogP contribution in [0, 0.1) is 5.82 Å². The fourth-order valence-corrected chi connectivity index (χ4v) is 4.59. The number of nitrogens with one attached hydrogen (secondary N) is 1. The first-order valence-electron chi connectivity index (χ1n) is 10.8. The lowest BCUT2D eigenvalue weighted by atomic mass is 10.1. The number of carbonyl (C=O) groups is 3. The molecule has 11 heteroatoms. The highest BCUT2D eigenvalue weighted by molar-refractivity contribution is 6.31. The normalized spacial score (nSPS) is 15.3. The Kier molecular flexibility index (Phi) is 5.52. The second-order valence-corrected chi connectivity index (χ2v) is 8.60. The van der Waals surface area contributed by atoms with Crippen LogP contribution in [0.5, 0.6) is 0 Å². The third kappa shape index (κ3) is 3.81. The third-order valence-electron chi connectivity index (χ3n) is 6.14. The fourth-order valence-electron chi connectivity index (χ4n) is 4.43. The van der Waals surface area contributed by atoms with Gasteiger partial charge in [-0.2, -0.15) is 0 Å². The van der Waals surface area contributed by atoms with Gasteiger partial charge in [-0.05, 0) is 30.3 Å². The minimum absolute atomic E-state index is 0.0124. The molecule has 9 nitrogen and oxygen atoms in total. The number of pyridine rings is 1. The van der Waals surface area contributed by atoms with Crippen LogP contribution in [0.4, 0.5) is 15.9 Å². The van der Waals surface area contributed by atoms with Gasteiger partial charge in [-0.1, -0.05) is 23.7 Å². The number of hydrogen-bond donors (Lipinski definition) is 2. The zero-order valence-corrected chi connectivity index (χ0v) is 19.0. The molecule has 3 amide bonds. The van der Waals surface area contributed by atoms with E-state index in [-0.39, 0.29) is 22.5 Å². The Morgan fingerprint density at radius 1 is 0.943 bits per heavy atom.